The van der Waals surface area contributed by atoms with Gasteiger partial charge in [0, 0.05) is 10.0 Å². The molecule has 0 bridgehead atoms. The van der Waals surface area contributed by atoms with Crippen LogP contribution in [-0.2, 0) is 16.1 Å². The van der Waals surface area contributed by atoms with Crippen LogP contribution in [0.3, 0.4) is 0 Å². The van der Waals surface area contributed by atoms with Crippen molar-refractivity contribution < 1.29 is 29.0 Å². The van der Waals surface area contributed by atoms with Crippen molar-refractivity contribution in [3.8, 4) is 11.5 Å². The minimum atomic E-state index is -1.18. The summed E-state index contributed by atoms with van der Waals surface area (Å²) in [5.74, 6) is -1.35. The molecule has 2 amide bonds. The summed E-state index contributed by atoms with van der Waals surface area (Å²) in [6.45, 7) is 1.52. The number of rotatable bonds is 7. The Bertz CT molecular complexity index is 1340. The largest absolute Gasteiger partial charge is 0.496 e. The van der Waals surface area contributed by atoms with Gasteiger partial charge in [-0.3, -0.25) is 9.59 Å². The number of hydrogen-bond acceptors (Lipinski definition) is 6. The number of para-hydroxylation sites is 1. The smallest absolute Gasteiger partial charge is 0.339 e. The lowest BCUT2D eigenvalue weighted by molar-refractivity contribution is -0.129. The minimum absolute atomic E-state index is 0.0639. The number of likely N-dealkylation sites (N-methyl/N-ethyl adjacent to an activating group) is 1. The van der Waals surface area contributed by atoms with E-state index in [4.69, 9.17) is 9.47 Å². The molecule has 0 spiro atoms. The molecular formula is C26H26BrN3O6. The zero-order valence-corrected chi connectivity index (χ0v) is 21.6. The summed E-state index contributed by atoms with van der Waals surface area (Å²) in [6, 6.07) is 12.6. The topological polar surface area (TPSA) is 117 Å². The van der Waals surface area contributed by atoms with E-state index in [1.165, 1.54) is 11.0 Å². The van der Waals surface area contributed by atoms with Crippen LogP contribution in [0.2, 0.25) is 0 Å². The number of nitrogens with zero attached hydrogens (tertiary/aromatic N) is 1. The Balaban J connectivity index is 1.85. The van der Waals surface area contributed by atoms with Crippen LogP contribution < -0.4 is 25.0 Å². The second kappa shape index (κ2) is 10.5. The van der Waals surface area contributed by atoms with Crippen LogP contribution in [0.4, 0.5) is 5.69 Å². The van der Waals surface area contributed by atoms with Gasteiger partial charge in [0.1, 0.15) is 24.0 Å². The zero-order chi connectivity index (χ0) is 26.0. The molecule has 2 unspecified atom stereocenters. The van der Waals surface area contributed by atoms with E-state index in [1.807, 2.05) is 30.3 Å². The normalized spacial score (nSPS) is 16.1. The number of carbonyl (C=O) groups excluding carboxylic acids is 2. The van der Waals surface area contributed by atoms with Crippen molar-refractivity contribution in [1.29, 1.82) is 0 Å². The zero-order valence-electron chi connectivity index (χ0n) is 20.0. The van der Waals surface area contributed by atoms with E-state index in [2.05, 4.69) is 26.6 Å². The van der Waals surface area contributed by atoms with E-state index in [-0.39, 0.29) is 30.4 Å². The maximum absolute atomic E-state index is 13.8. The highest BCUT2D eigenvalue weighted by Gasteiger charge is 2.35. The molecule has 0 aliphatic carbocycles. The third kappa shape index (κ3) is 4.87. The number of aromatic carboxylic acids is 1. The van der Waals surface area contributed by atoms with Crippen molar-refractivity contribution in [3.05, 3.63) is 64.1 Å². The summed E-state index contributed by atoms with van der Waals surface area (Å²) in [6.07, 6.45) is 0. The summed E-state index contributed by atoms with van der Waals surface area (Å²) in [4.78, 5) is 39.8. The van der Waals surface area contributed by atoms with Crippen molar-refractivity contribution in [3.63, 3.8) is 0 Å². The molecule has 0 aromatic heterocycles. The maximum atomic E-state index is 13.8. The lowest BCUT2D eigenvalue weighted by Gasteiger charge is -2.27. The number of benzene rings is 3. The standard InChI is InChI=1S/C26H26BrN3O6/c1-14(28-2)24(31)29-20-13-36-23-18(26(33)34)5-4-6-21(23)30(25(20)32)12-19-17-9-8-16(27)11-15(17)7-10-22(19)35-3/h4-11,14,20,28H,12-13H2,1-3H3,(H,29,31)(H,33,34). The number of ether oxygens (including phenoxy) is 2. The first-order chi connectivity index (χ1) is 17.2. The molecule has 1 heterocycles. The van der Waals surface area contributed by atoms with Crippen molar-refractivity contribution in [2.45, 2.75) is 25.6 Å². The number of hydrogen-bond donors (Lipinski definition) is 3. The predicted octanol–water partition coefficient (Wildman–Crippen LogP) is 3.33. The van der Waals surface area contributed by atoms with Crippen molar-refractivity contribution in [2.75, 3.05) is 25.7 Å². The van der Waals surface area contributed by atoms with Gasteiger partial charge in [-0.2, -0.15) is 0 Å². The highest BCUT2D eigenvalue weighted by molar-refractivity contribution is 9.10. The van der Waals surface area contributed by atoms with Gasteiger partial charge in [0.15, 0.2) is 5.75 Å². The van der Waals surface area contributed by atoms with Gasteiger partial charge in [-0.25, -0.2) is 4.79 Å². The number of carboxylic acids is 1. The molecule has 0 fully saturated rings. The molecule has 188 valence electrons. The predicted molar refractivity (Wildman–Crippen MR) is 139 cm³/mol. The fourth-order valence-electron chi connectivity index (χ4n) is 4.15. The van der Waals surface area contributed by atoms with Gasteiger partial charge in [0.25, 0.3) is 5.91 Å². The van der Waals surface area contributed by atoms with E-state index in [0.29, 0.717) is 11.4 Å². The molecule has 36 heavy (non-hydrogen) atoms. The number of carbonyl (C=O) groups is 3. The number of nitrogens with one attached hydrogen (secondary N) is 2. The molecule has 3 aromatic rings. The second-order valence-corrected chi connectivity index (χ2v) is 9.29. The second-order valence-electron chi connectivity index (χ2n) is 8.38. The Morgan fingerprint density at radius 1 is 1.25 bits per heavy atom. The van der Waals surface area contributed by atoms with Crippen LogP contribution in [0.15, 0.2) is 53.0 Å². The average Bonchev–Trinajstić information content (AvgIpc) is 3.00. The summed E-state index contributed by atoms with van der Waals surface area (Å²) in [5, 5.41) is 17.1. The van der Waals surface area contributed by atoms with Crippen molar-refractivity contribution in [1.82, 2.24) is 10.6 Å². The lowest BCUT2D eigenvalue weighted by Crippen LogP contribution is -2.53. The number of anilines is 1. The van der Waals surface area contributed by atoms with Gasteiger partial charge in [-0.05, 0) is 55.1 Å². The van der Waals surface area contributed by atoms with Gasteiger partial charge in [0.2, 0.25) is 5.91 Å². The van der Waals surface area contributed by atoms with Gasteiger partial charge < -0.3 is 30.1 Å². The maximum Gasteiger partial charge on any atom is 0.339 e. The molecule has 0 radical (unpaired) electrons. The van der Waals surface area contributed by atoms with Crippen LogP contribution in [0.25, 0.3) is 10.8 Å². The minimum Gasteiger partial charge on any atom is -0.496 e. The van der Waals surface area contributed by atoms with E-state index in [1.54, 1.807) is 33.2 Å². The fraction of sp³-hybridized carbons (Fsp3) is 0.269. The first kappa shape index (κ1) is 25.5. The SMILES string of the molecule is CNC(C)C(=O)NC1COc2c(C(=O)O)cccc2N(Cc2c(OC)ccc3cc(Br)ccc23)C1=O. The molecule has 0 saturated carbocycles. The van der Waals surface area contributed by atoms with Gasteiger partial charge >= 0.3 is 5.97 Å². The fourth-order valence-corrected chi connectivity index (χ4v) is 4.53. The van der Waals surface area contributed by atoms with Crippen LogP contribution in [0.1, 0.15) is 22.8 Å². The van der Waals surface area contributed by atoms with Gasteiger partial charge in [-0.1, -0.05) is 34.1 Å². The van der Waals surface area contributed by atoms with Gasteiger partial charge in [-0.15, -0.1) is 0 Å². The number of halogens is 1. The van der Waals surface area contributed by atoms with Crippen molar-refractivity contribution >= 4 is 50.2 Å². The lowest BCUT2D eigenvalue weighted by atomic mass is 10.0. The summed E-state index contributed by atoms with van der Waals surface area (Å²) in [5.41, 5.74) is 0.960. The van der Waals surface area contributed by atoms with Crippen molar-refractivity contribution in [2.24, 2.45) is 0 Å². The van der Waals surface area contributed by atoms with Gasteiger partial charge in [0.05, 0.1) is 25.4 Å². The van der Waals surface area contributed by atoms with E-state index in [9.17, 15) is 19.5 Å². The average molecular weight is 556 g/mol. The first-order valence-electron chi connectivity index (χ1n) is 11.3. The van der Waals surface area contributed by atoms with E-state index < -0.39 is 24.0 Å². The van der Waals surface area contributed by atoms with Crippen LogP contribution >= 0.6 is 15.9 Å². The number of methoxy groups -OCH3 is 1. The summed E-state index contributed by atoms with van der Waals surface area (Å²) in [7, 11) is 3.19. The Kier molecular flexibility index (Phi) is 7.46. The summed E-state index contributed by atoms with van der Waals surface area (Å²) < 4.78 is 12.4. The van der Waals surface area contributed by atoms with Crippen LogP contribution in [0.5, 0.6) is 11.5 Å². The molecule has 2 atom stereocenters. The Morgan fingerprint density at radius 2 is 2.03 bits per heavy atom. The molecule has 3 aromatic carbocycles. The molecule has 9 nitrogen and oxygen atoms in total. The quantitative estimate of drug-likeness (QED) is 0.409. The van der Waals surface area contributed by atoms with Crippen LogP contribution in [0, 0.1) is 0 Å². The summed E-state index contributed by atoms with van der Waals surface area (Å²) >= 11 is 3.49. The Hall–Kier alpha value is -3.63. The van der Waals surface area contributed by atoms with E-state index in [0.717, 1.165) is 20.8 Å². The van der Waals surface area contributed by atoms with E-state index >= 15 is 0 Å². The third-order valence-corrected chi connectivity index (χ3v) is 6.70. The number of amides is 2. The Labute approximate surface area is 216 Å². The molecule has 4 rings (SSSR count). The molecular weight excluding hydrogens is 530 g/mol. The molecule has 3 N–H and O–H groups in total. The Morgan fingerprint density at radius 3 is 2.72 bits per heavy atom. The molecule has 1 aliphatic rings. The highest BCUT2D eigenvalue weighted by atomic mass is 79.9. The first-order valence-corrected chi connectivity index (χ1v) is 12.1. The monoisotopic (exact) mass is 555 g/mol. The van der Waals surface area contributed by atoms with Crippen LogP contribution in [-0.4, -0.2) is 55.7 Å². The highest BCUT2D eigenvalue weighted by Crippen LogP contribution is 2.38. The number of fused-ring (bicyclic) bond motifs is 2. The molecule has 0 saturated heterocycles. The molecule has 10 heteroatoms. The number of carboxylic acid groups (broad SMARTS) is 1. The molecule has 1 aliphatic heterocycles. The third-order valence-electron chi connectivity index (χ3n) is 6.20.